The van der Waals surface area contributed by atoms with Gasteiger partial charge in [-0.25, -0.2) is 4.68 Å². The molecule has 106 valence electrons. The van der Waals surface area contributed by atoms with Gasteiger partial charge in [0.15, 0.2) is 0 Å². The summed E-state index contributed by atoms with van der Waals surface area (Å²) < 4.78 is 2.67. The van der Waals surface area contributed by atoms with Crippen LogP contribution in [0.4, 0.5) is 5.82 Å². The van der Waals surface area contributed by atoms with Crippen LogP contribution in [0.2, 0.25) is 5.02 Å². The molecule has 0 unspecified atom stereocenters. The Balaban J connectivity index is 2.11. The molecule has 20 heavy (non-hydrogen) atoms. The van der Waals surface area contributed by atoms with Crippen molar-refractivity contribution in [2.75, 3.05) is 5.32 Å². The summed E-state index contributed by atoms with van der Waals surface area (Å²) in [5.74, 6) is 0.561. The van der Waals surface area contributed by atoms with Gasteiger partial charge in [-0.1, -0.05) is 24.9 Å². The topological polar surface area (TPSA) is 46.9 Å². The van der Waals surface area contributed by atoms with Gasteiger partial charge in [-0.2, -0.15) is 5.10 Å². The summed E-state index contributed by atoms with van der Waals surface area (Å²) in [7, 11) is 0. The van der Waals surface area contributed by atoms with Crippen molar-refractivity contribution in [3.63, 3.8) is 0 Å². The molecule has 2 aromatic rings. The number of nitrogens with one attached hydrogen (secondary N) is 1. The average Bonchev–Trinajstić information content (AvgIpc) is 2.86. The van der Waals surface area contributed by atoms with Crippen LogP contribution < -0.4 is 5.32 Å². The van der Waals surface area contributed by atoms with Gasteiger partial charge in [0.25, 0.3) is 5.91 Å². The summed E-state index contributed by atoms with van der Waals surface area (Å²) >= 11 is 8.07. The van der Waals surface area contributed by atoms with Crippen molar-refractivity contribution < 1.29 is 4.79 Å². The third kappa shape index (κ3) is 3.73. The molecular weight excluding hydrogens is 389 g/mol. The Morgan fingerprint density at radius 2 is 2.25 bits per heavy atom. The molecule has 0 aliphatic carbocycles. The molecule has 0 saturated carbocycles. The summed E-state index contributed by atoms with van der Waals surface area (Å²) in [6.45, 7) is 2.93. The number of rotatable bonds is 5. The monoisotopic (exact) mass is 403 g/mol. The number of halogens is 2. The van der Waals surface area contributed by atoms with E-state index in [2.05, 4.69) is 39.9 Å². The Kier molecular flexibility index (Phi) is 5.42. The van der Waals surface area contributed by atoms with Crippen LogP contribution in [0.1, 0.15) is 30.1 Å². The summed E-state index contributed by atoms with van der Waals surface area (Å²) in [6, 6.07) is 7.01. The molecule has 0 radical (unpaired) electrons. The molecule has 0 bridgehead atoms. The standard InChI is InChI=1S/C14H15ClIN3O/c1-2-3-8-19-13(6-7-17-19)18-14(20)10-4-5-11(15)12(16)9-10/h4-7,9H,2-3,8H2,1H3,(H,18,20). The zero-order valence-corrected chi connectivity index (χ0v) is 14.0. The van der Waals surface area contributed by atoms with Crippen LogP contribution in [0.5, 0.6) is 0 Å². The van der Waals surface area contributed by atoms with Crippen LogP contribution in [0, 0.1) is 3.57 Å². The number of benzene rings is 1. The molecule has 1 heterocycles. The second-order valence-electron chi connectivity index (χ2n) is 4.38. The largest absolute Gasteiger partial charge is 0.307 e. The number of nitrogens with zero attached hydrogens (tertiary/aromatic N) is 2. The molecule has 0 spiro atoms. The van der Waals surface area contributed by atoms with E-state index in [4.69, 9.17) is 11.6 Å². The van der Waals surface area contributed by atoms with E-state index < -0.39 is 0 Å². The third-order valence-corrected chi connectivity index (χ3v) is 4.40. The van der Waals surface area contributed by atoms with Gasteiger partial charge < -0.3 is 5.32 Å². The molecule has 1 amide bonds. The normalized spacial score (nSPS) is 10.6. The number of carbonyl (C=O) groups is 1. The molecule has 0 saturated heterocycles. The van der Waals surface area contributed by atoms with E-state index in [9.17, 15) is 4.79 Å². The van der Waals surface area contributed by atoms with Gasteiger partial charge in [0.1, 0.15) is 5.82 Å². The van der Waals surface area contributed by atoms with Crippen LogP contribution >= 0.6 is 34.2 Å². The molecule has 0 aliphatic heterocycles. The molecule has 0 atom stereocenters. The molecule has 1 aromatic heterocycles. The molecule has 2 rings (SSSR count). The number of hydrogen-bond donors (Lipinski definition) is 1. The van der Waals surface area contributed by atoms with E-state index in [1.54, 1.807) is 30.5 Å². The molecule has 0 aliphatic rings. The van der Waals surface area contributed by atoms with E-state index in [-0.39, 0.29) is 5.91 Å². The lowest BCUT2D eigenvalue weighted by Gasteiger charge is -2.09. The number of aryl methyl sites for hydroxylation is 1. The Morgan fingerprint density at radius 1 is 1.45 bits per heavy atom. The van der Waals surface area contributed by atoms with Crippen LogP contribution in [-0.2, 0) is 6.54 Å². The van der Waals surface area contributed by atoms with Crippen molar-refractivity contribution >= 4 is 45.9 Å². The number of amides is 1. The van der Waals surface area contributed by atoms with Crippen LogP contribution in [0.3, 0.4) is 0 Å². The Morgan fingerprint density at radius 3 is 2.95 bits per heavy atom. The van der Waals surface area contributed by atoms with Crippen molar-refractivity contribution in [3.8, 4) is 0 Å². The van der Waals surface area contributed by atoms with Gasteiger partial charge in [0.2, 0.25) is 0 Å². The number of unbranched alkanes of at least 4 members (excludes halogenated alkanes) is 1. The van der Waals surface area contributed by atoms with Crippen molar-refractivity contribution in [2.45, 2.75) is 26.3 Å². The maximum Gasteiger partial charge on any atom is 0.256 e. The molecule has 1 aromatic carbocycles. The highest BCUT2D eigenvalue weighted by molar-refractivity contribution is 14.1. The lowest BCUT2D eigenvalue weighted by atomic mass is 10.2. The SMILES string of the molecule is CCCCn1nccc1NC(=O)c1ccc(Cl)c(I)c1. The average molecular weight is 404 g/mol. The Bertz CT molecular complexity index is 612. The maximum atomic E-state index is 12.2. The van der Waals surface area contributed by atoms with Gasteiger partial charge in [-0.05, 0) is 47.2 Å². The van der Waals surface area contributed by atoms with E-state index in [1.165, 1.54) is 0 Å². The lowest BCUT2D eigenvalue weighted by Crippen LogP contribution is -2.16. The minimum atomic E-state index is -0.155. The predicted octanol–water partition coefficient (Wildman–Crippen LogP) is 4.19. The second-order valence-corrected chi connectivity index (χ2v) is 5.95. The van der Waals surface area contributed by atoms with Gasteiger partial charge in [0.05, 0.1) is 11.2 Å². The summed E-state index contributed by atoms with van der Waals surface area (Å²) in [6.07, 6.45) is 3.81. The molecule has 0 fully saturated rings. The Labute approximate surface area is 136 Å². The minimum absolute atomic E-state index is 0.155. The van der Waals surface area contributed by atoms with Crippen molar-refractivity contribution in [1.29, 1.82) is 0 Å². The lowest BCUT2D eigenvalue weighted by molar-refractivity contribution is 0.102. The fourth-order valence-electron chi connectivity index (χ4n) is 1.75. The van der Waals surface area contributed by atoms with Crippen molar-refractivity contribution in [3.05, 3.63) is 44.6 Å². The highest BCUT2D eigenvalue weighted by Crippen LogP contribution is 2.20. The van der Waals surface area contributed by atoms with Crippen molar-refractivity contribution in [2.24, 2.45) is 0 Å². The fraction of sp³-hybridized carbons (Fsp3) is 0.286. The number of aromatic nitrogens is 2. The van der Waals surface area contributed by atoms with Crippen molar-refractivity contribution in [1.82, 2.24) is 9.78 Å². The number of carbonyl (C=O) groups excluding carboxylic acids is 1. The quantitative estimate of drug-likeness (QED) is 0.761. The van der Waals surface area contributed by atoms with E-state index >= 15 is 0 Å². The zero-order chi connectivity index (χ0) is 14.5. The second kappa shape index (κ2) is 7.08. The first-order valence-corrected chi connectivity index (χ1v) is 7.85. The molecular formula is C14H15ClIN3O. The summed E-state index contributed by atoms with van der Waals surface area (Å²) in [5, 5.41) is 7.74. The van der Waals surface area contributed by atoms with Crippen LogP contribution in [0.15, 0.2) is 30.5 Å². The smallest absolute Gasteiger partial charge is 0.256 e. The molecule has 6 heteroatoms. The first-order chi connectivity index (χ1) is 9.61. The van der Waals surface area contributed by atoms with E-state index in [0.717, 1.165) is 23.0 Å². The van der Waals surface area contributed by atoms with Gasteiger partial charge in [-0.15, -0.1) is 0 Å². The fourth-order valence-corrected chi connectivity index (χ4v) is 2.38. The predicted molar refractivity (Wildman–Crippen MR) is 89.3 cm³/mol. The maximum absolute atomic E-state index is 12.2. The van der Waals surface area contributed by atoms with E-state index in [1.807, 2.05) is 4.68 Å². The van der Waals surface area contributed by atoms with Crippen LogP contribution in [-0.4, -0.2) is 15.7 Å². The van der Waals surface area contributed by atoms with E-state index in [0.29, 0.717) is 16.4 Å². The highest BCUT2D eigenvalue weighted by Gasteiger charge is 2.10. The van der Waals surface area contributed by atoms with Gasteiger partial charge in [0, 0.05) is 21.7 Å². The highest BCUT2D eigenvalue weighted by atomic mass is 127. The van der Waals surface area contributed by atoms with Gasteiger partial charge in [-0.3, -0.25) is 4.79 Å². The summed E-state index contributed by atoms with van der Waals surface area (Å²) in [4.78, 5) is 12.2. The Hall–Kier alpha value is -1.08. The molecule has 4 nitrogen and oxygen atoms in total. The number of anilines is 1. The third-order valence-electron chi connectivity index (χ3n) is 2.86. The first-order valence-electron chi connectivity index (χ1n) is 6.40. The first kappa shape index (κ1) is 15.3. The van der Waals surface area contributed by atoms with Crippen LogP contribution in [0.25, 0.3) is 0 Å². The van der Waals surface area contributed by atoms with Gasteiger partial charge >= 0.3 is 0 Å². The minimum Gasteiger partial charge on any atom is -0.307 e. The zero-order valence-electron chi connectivity index (χ0n) is 11.1. The number of hydrogen-bond acceptors (Lipinski definition) is 2. The molecule has 1 N–H and O–H groups in total. The summed E-state index contributed by atoms with van der Waals surface area (Å²) in [5.41, 5.74) is 0.585.